The summed E-state index contributed by atoms with van der Waals surface area (Å²) in [5.74, 6) is -0.784. The first-order valence-corrected chi connectivity index (χ1v) is 20.6. The Hall–Kier alpha value is -1.70. The predicted octanol–water partition coefficient (Wildman–Crippen LogP) is 10.9. The average Bonchev–Trinajstić information content (AvgIpc) is 3.07. The molecule has 0 saturated heterocycles. The summed E-state index contributed by atoms with van der Waals surface area (Å²) in [6, 6.07) is 0. The van der Waals surface area contributed by atoms with Gasteiger partial charge in [-0.1, -0.05) is 141 Å². The van der Waals surface area contributed by atoms with Crippen LogP contribution in [0.4, 0.5) is 0 Å². The van der Waals surface area contributed by atoms with Gasteiger partial charge >= 0.3 is 11.9 Å². The molecule has 0 aliphatic carbocycles. The number of hydrogen-bond acceptors (Lipinski definition) is 7. The van der Waals surface area contributed by atoms with Crippen molar-refractivity contribution in [2.24, 2.45) is 11.5 Å². The van der Waals surface area contributed by atoms with Crippen molar-refractivity contribution in [3.05, 3.63) is 24.3 Å². The summed E-state index contributed by atoms with van der Waals surface area (Å²) in [5.41, 5.74) is 10.7. The topological polar surface area (TPSA) is 125 Å². The molecule has 0 aliphatic heterocycles. The van der Waals surface area contributed by atoms with Gasteiger partial charge < -0.3 is 26.0 Å². The molecule has 0 aliphatic rings. The molecule has 0 fully saturated rings. The second-order valence-electron chi connectivity index (χ2n) is 14.4. The summed E-state index contributed by atoms with van der Waals surface area (Å²) >= 11 is 0. The lowest BCUT2D eigenvalue weighted by molar-refractivity contribution is -0.189. The molecule has 0 saturated carbocycles. The van der Waals surface area contributed by atoms with Crippen LogP contribution >= 0.6 is 0 Å². The molecule has 0 rings (SSSR count). The van der Waals surface area contributed by atoms with E-state index in [1.807, 2.05) is 0 Å². The van der Waals surface area contributed by atoms with Gasteiger partial charge in [0.15, 0.2) is 11.7 Å². The van der Waals surface area contributed by atoms with Crippen LogP contribution in [0.1, 0.15) is 207 Å². The monoisotopic (exact) mass is 693 g/mol. The van der Waals surface area contributed by atoms with Crippen molar-refractivity contribution in [1.29, 1.82) is 0 Å². The number of allylic oxidation sites excluding steroid dienone is 4. The first kappa shape index (κ1) is 47.3. The van der Waals surface area contributed by atoms with E-state index < -0.39 is 23.8 Å². The molecule has 0 radical (unpaired) electrons. The Kier molecular flexibility index (Phi) is 33.5. The van der Waals surface area contributed by atoms with Crippen molar-refractivity contribution >= 4 is 11.9 Å². The van der Waals surface area contributed by atoms with Crippen molar-refractivity contribution < 1.29 is 24.2 Å². The number of aliphatic hydroxyl groups excluding tert-OH is 1. The van der Waals surface area contributed by atoms with Gasteiger partial charge in [0.25, 0.3) is 0 Å². The van der Waals surface area contributed by atoms with Crippen molar-refractivity contribution in [3.8, 4) is 0 Å². The SMILES string of the molecule is CCCCCCCC/C=C\CCCCCCCC(=O)OC(C(N)N)C(C)(CCO)OC(=O)CCCCCCC/C=C\CCCCCCCC. The summed E-state index contributed by atoms with van der Waals surface area (Å²) in [6.07, 6.45) is 38.7. The minimum absolute atomic E-state index is 0.0847. The lowest BCUT2D eigenvalue weighted by Crippen LogP contribution is -2.59. The highest BCUT2D eigenvalue weighted by Crippen LogP contribution is 2.26. The first-order chi connectivity index (χ1) is 23.8. The Labute approximate surface area is 302 Å². The molecule has 0 heterocycles. The third-order valence-corrected chi connectivity index (χ3v) is 9.45. The van der Waals surface area contributed by atoms with Gasteiger partial charge in [-0.3, -0.25) is 9.59 Å². The van der Waals surface area contributed by atoms with Crippen LogP contribution in [0.3, 0.4) is 0 Å². The molecular weight excluding hydrogens is 612 g/mol. The molecule has 49 heavy (non-hydrogen) atoms. The summed E-state index contributed by atoms with van der Waals surface area (Å²) in [6.45, 7) is 5.91. The van der Waals surface area contributed by atoms with Gasteiger partial charge in [-0.15, -0.1) is 0 Å². The zero-order valence-electron chi connectivity index (χ0n) is 32.4. The predicted molar refractivity (Wildman–Crippen MR) is 207 cm³/mol. The summed E-state index contributed by atoms with van der Waals surface area (Å²) in [4.78, 5) is 25.5. The molecule has 7 nitrogen and oxygen atoms in total. The molecule has 0 aromatic rings. The maximum atomic E-state index is 12.8. The molecule has 288 valence electrons. The molecule has 0 aromatic carbocycles. The number of unbranched alkanes of at least 4 members (excludes halogenated alkanes) is 22. The van der Waals surface area contributed by atoms with Crippen LogP contribution in [0.5, 0.6) is 0 Å². The Bertz CT molecular complexity index is 815. The van der Waals surface area contributed by atoms with Gasteiger partial charge in [-0.25, -0.2) is 0 Å². The Morgan fingerprint density at radius 1 is 0.571 bits per heavy atom. The molecule has 0 amide bonds. The molecule has 0 spiro atoms. The molecule has 7 heteroatoms. The molecule has 0 bridgehead atoms. The standard InChI is InChI=1S/C42H80N2O5/c1-4-6-8-10-12-14-16-18-20-22-24-26-28-30-32-34-38(46)48-40(41(43)44)42(3,36-37-45)49-39(47)35-33-31-29-27-25-23-21-19-17-15-13-11-9-7-5-2/h18-21,40-41,45H,4-17,22-37,43-44H2,1-3H3/b20-18-,21-19-. The van der Waals surface area contributed by atoms with E-state index in [1.54, 1.807) is 6.92 Å². The number of carbonyl (C=O) groups is 2. The lowest BCUT2D eigenvalue weighted by atomic mass is 9.92. The lowest BCUT2D eigenvalue weighted by Gasteiger charge is -2.38. The summed E-state index contributed by atoms with van der Waals surface area (Å²) < 4.78 is 11.5. The van der Waals surface area contributed by atoms with E-state index >= 15 is 0 Å². The van der Waals surface area contributed by atoms with E-state index in [0.29, 0.717) is 0 Å². The van der Waals surface area contributed by atoms with E-state index in [9.17, 15) is 14.7 Å². The molecule has 2 atom stereocenters. The van der Waals surface area contributed by atoms with Crippen molar-refractivity contribution in [3.63, 3.8) is 0 Å². The Morgan fingerprint density at radius 2 is 0.918 bits per heavy atom. The largest absolute Gasteiger partial charge is 0.455 e. The summed E-state index contributed by atoms with van der Waals surface area (Å²) in [7, 11) is 0. The fraction of sp³-hybridized carbons (Fsp3) is 0.857. The van der Waals surface area contributed by atoms with Crippen LogP contribution in [0.15, 0.2) is 24.3 Å². The van der Waals surface area contributed by atoms with Crippen LogP contribution in [-0.4, -0.2) is 41.5 Å². The second kappa shape index (κ2) is 34.7. The van der Waals surface area contributed by atoms with E-state index in [0.717, 1.165) is 64.2 Å². The molecule has 5 N–H and O–H groups in total. The summed E-state index contributed by atoms with van der Waals surface area (Å²) in [5, 5.41) is 9.73. The van der Waals surface area contributed by atoms with Crippen molar-refractivity contribution in [2.75, 3.05) is 6.61 Å². The first-order valence-electron chi connectivity index (χ1n) is 20.6. The van der Waals surface area contributed by atoms with Crippen LogP contribution in [0, 0.1) is 0 Å². The number of carbonyl (C=O) groups excluding carboxylic acids is 2. The Balaban J connectivity index is 4.20. The van der Waals surface area contributed by atoms with Gasteiger partial charge in [0.1, 0.15) is 0 Å². The third kappa shape index (κ3) is 29.7. The number of ether oxygens (including phenoxy) is 2. The quantitative estimate of drug-likeness (QED) is 0.0258. The van der Waals surface area contributed by atoms with E-state index in [-0.39, 0.29) is 31.8 Å². The molecule has 0 aromatic heterocycles. The highest BCUT2D eigenvalue weighted by molar-refractivity contribution is 5.71. The highest BCUT2D eigenvalue weighted by Gasteiger charge is 2.43. The number of rotatable bonds is 36. The smallest absolute Gasteiger partial charge is 0.306 e. The van der Waals surface area contributed by atoms with Crippen LogP contribution in [0.2, 0.25) is 0 Å². The number of aliphatic hydroxyl groups is 1. The normalized spacial score (nSPS) is 13.8. The van der Waals surface area contributed by atoms with Gasteiger partial charge in [0.2, 0.25) is 0 Å². The fourth-order valence-corrected chi connectivity index (χ4v) is 6.28. The van der Waals surface area contributed by atoms with Crippen molar-refractivity contribution in [2.45, 2.75) is 225 Å². The molecular formula is C42H80N2O5. The fourth-order valence-electron chi connectivity index (χ4n) is 6.28. The number of esters is 2. The van der Waals surface area contributed by atoms with Gasteiger partial charge in [-0.05, 0) is 71.1 Å². The zero-order valence-corrected chi connectivity index (χ0v) is 32.4. The maximum absolute atomic E-state index is 12.8. The maximum Gasteiger partial charge on any atom is 0.306 e. The highest BCUT2D eigenvalue weighted by atomic mass is 16.6. The van der Waals surface area contributed by atoms with E-state index in [1.165, 1.54) is 103 Å². The number of nitrogens with two attached hydrogens (primary N) is 2. The third-order valence-electron chi connectivity index (χ3n) is 9.45. The Morgan fingerprint density at radius 3 is 1.29 bits per heavy atom. The minimum atomic E-state index is -1.29. The van der Waals surface area contributed by atoms with Gasteiger partial charge in [0, 0.05) is 25.9 Å². The number of hydrogen-bond donors (Lipinski definition) is 3. The van der Waals surface area contributed by atoms with Crippen LogP contribution in [-0.2, 0) is 19.1 Å². The van der Waals surface area contributed by atoms with Crippen molar-refractivity contribution in [1.82, 2.24) is 0 Å². The molecule has 2 unspecified atom stereocenters. The second-order valence-corrected chi connectivity index (χ2v) is 14.4. The van der Waals surface area contributed by atoms with Gasteiger partial charge in [0.05, 0.1) is 6.17 Å². The average molecular weight is 693 g/mol. The van der Waals surface area contributed by atoms with E-state index in [4.69, 9.17) is 20.9 Å². The minimum Gasteiger partial charge on any atom is -0.455 e. The van der Waals surface area contributed by atoms with E-state index in [2.05, 4.69) is 38.2 Å². The van der Waals surface area contributed by atoms with Gasteiger partial charge in [-0.2, -0.15) is 0 Å². The van der Waals surface area contributed by atoms with Crippen LogP contribution in [0.25, 0.3) is 0 Å². The zero-order chi connectivity index (χ0) is 36.3. The van der Waals surface area contributed by atoms with Crippen LogP contribution < -0.4 is 11.5 Å².